The normalized spacial score (nSPS) is 25.6. The molecule has 20 heavy (non-hydrogen) atoms. The first-order valence-corrected chi connectivity index (χ1v) is 7.85. The van der Waals surface area contributed by atoms with Gasteiger partial charge in [-0.2, -0.15) is 0 Å². The highest BCUT2D eigenvalue weighted by atomic mass is 16.6. The topological polar surface area (TPSA) is 53.6 Å². The summed E-state index contributed by atoms with van der Waals surface area (Å²) in [4.78, 5) is 14.2. The number of nitrogens with zero attached hydrogens (tertiary/aromatic N) is 1. The van der Waals surface area contributed by atoms with Gasteiger partial charge in [-0.15, -0.1) is 0 Å². The molecule has 5 nitrogen and oxygen atoms in total. The van der Waals surface area contributed by atoms with Gasteiger partial charge in [0.05, 0.1) is 0 Å². The summed E-state index contributed by atoms with van der Waals surface area (Å²) < 4.78 is 5.31. The van der Waals surface area contributed by atoms with Crippen LogP contribution >= 0.6 is 0 Å². The van der Waals surface area contributed by atoms with E-state index in [1.807, 2.05) is 20.8 Å². The maximum absolute atomic E-state index is 11.8. The summed E-state index contributed by atoms with van der Waals surface area (Å²) in [6, 6.07) is 0.242. The molecule has 1 unspecified atom stereocenters. The minimum Gasteiger partial charge on any atom is -0.444 e. The molecule has 116 valence electrons. The first kappa shape index (κ1) is 15.6. The molecular formula is C15H29N3O2. The molecule has 2 rings (SSSR count). The fourth-order valence-electron chi connectivity index (χ4n) is 3.02. The molecule has 0 aliphatic carbocycles. The number of amides is 1. The molecule has 2 aliphatic rings. The van der Waals surface area contributed by atoms with Crippen molar-refractivity contribution in [2.24, 2.45) is 5.92 Å². The second-order valence-corrected chi connectivity index (χ2v) is 7.08. The lowest BCUT2D eigenvalue weighted by molar-refractivity contribution is 0.0505. The Morgan fingerprint density at radius 3 is 2.65 bits per heavy atom. The average molecular weight is 283 g/mol. The molecule has 0 bridgehead atoms. The van der Waals surface area contributed by atoms with E-state index in [1.54, 1.807) is 0 Å². The lowest BCUT2D eigenvalue weighted by Gasteiger charge is -2.27. The maximum atomic E-state index is 11.8. The predicted octanol–water partition coefficient (Wildman–Crippen LogP) is 1.59. The molecule has 2 aliphatic heterocycles. The van der Waals surface area contributed by atoms with Crippen LogP contribution in [0.1, 0.15) is 40.0 Å². The van der Waals surface area contributed by atoms with Crippen LogP contribution in [-0.2, 0) is 4.74 Å². The highest BCUT2D eigenvalue weighted by molar-refractivity contribution is 5.68. The van der Waals surface area contributed by atoms with Crippen molar-refractivity contribution >= 4 is 6.09 Å². The smallest absolute Gasteiger partial charge is 0.407 e. The third kappa shape index (κ3) is 5.29. The standard InChI is InChI=1S/C15H29N3O2/c1-15(2,3)20-14(19)17-13-6-9-18(11-13)10-12-4-7-16-8-5-12/h12-13,16H,4-11H2,1-3H3,(H,17,19). The highest BCUT2D eigenvalue weighted by Crippen LogP contribution is 2.18. The molecule has 5 heteroatoms. The van der Waals surface area contributed by atoms with Gasteiger partial charge in [-0.05, 0) is 59.0 Å². The van der Waals surface area contributed by atoms with Crippen LogP contribution in [0.5, 0.6) is 0 Å². The average Bonchev–Trinajstić information content (AvgIpc) is 2.75. The number of carbonyl (C=O) groups excluding carboxylic acids is 1. The Bertz CT molecular complexity index is 322. The number of carbonyl (C=O) groups is 1. The first-order valence-electron chi connectivity index (χ1n) is 7.85. The van der Waals surface area contributed by atoms with E-state index in [2.05, 4.69) is 15.5 Å². The maximum Gasteiger partial charge on any atom is 0.407 e. The zero-order valence-corrected chi connectivity index (χ0v) is 13.1. The summed E-state index contributed by atoms with van der Waals surface area (Å²) in [6.45, 7) is 11.2. The third-order valence-electron chi connectivity index (χ3n) is 3.97. The molecule has 2 heterocycles. The third-order valence-corrected chi connectivity index (χ3v) is 3.97. The quantitative estimate of drug-likeness (QED) is 0.826. The summed E-state index contributed by atoms with van der Waals surface area (Å²) in [5, 5.41) is 6.39. The largest absolute Gasteiger partial charge is 0.444 e. The molecule has 1 amide bonds. The number of hydrogen-bond acceptors (Lipinski definition) is 4. The van der Waals surface area contributed by atoms with Crippen molar-refractivity contribution in [3.8, 4) is 0 Å². The second kappa shape index (κ2) is 6.76. The SMILES string of the molecule is CC(C)(C)OC(=O)NC1CCN(CC2CCNCC2)C1. The summed E-state index contributed by atoms with van der Waals surface area (Å²) in [6.07, 6.45) is 3.30. The second-order valence-electron chi connectivity index (χ2n) is 7.08. The zero-order valence-electron chi connectivity index (χ0n) is 13.1. The van der Waals surface area contributed by atoms with Crippen molar-refractivity contribution in [2.75, 3.05) is 32.7 Å². The van der Waals surface area contributed by atoms with E-state index in [1.165, 1.54) is 19.4 Å². The molecular weight excluding hydrogens is 254 g/mol. The van der Waals surface area contributed by atoms with E-state index in [0.717, 1.165) is 38.5 Å². The van der Waals surface area contributed by atoms with Gasteiger partial charge in [-0.1, -0.05) is 0 Å². The Morgan fingerprint density at radius 1 is 1.30 bits per heavy atom. The van der Waals surface area contributed by atoms with Crippen LogP contribution in [0.4, 0.5) is 4.79 Å². The van der Waals surface area contributed by atoms with Crippen LogP contribution in [0.3, 0.4) is 0 Å². The fourth-order valence-corrected chi connectivity index (χ4v) is 3.02. The highest BCUT2D eigenvalue weighted by Gasteiger charge is 2.27. The number of alkyl carbamates (subject to hydrolysis) is 1. The van der Waals surface area contributed by atoms with Crippen LogP contribution in [-0.4, -0.2) is 55.4 Å². The molecule has 0 radical (unpaired) electrons. The minimum atomic E-state index is -0.419. The zero-order chi connectivity index (χ0) is 14.6. The predicted molar refractivity (Wildman–Crippen MR) is 79.8 cm³/mol. The van der Waals surface area contributed by atoms with E-state index in [-0.39, 0.29) is 12.1 Å². The van der Waals surface area contributed by atoms with Crippen LogP contribution in [0.25, 0.3) is 0 Å². The molecule has 2 fully saturated rings. The van der Waals surface area contributed by atoms with Crippen LogP contribution < -0.4 is 10.6 Å². The summed E-state index contributed by atoms with van der Waals surface area (Å²) in [5.74, 6) is 0.816. The molecule has 2 saturated heterocycles. The fraction of sp³-hybridized carbons (Fsp3) is 0.933. The Morgan fingerprint density at radius 2 is 2.00 bits per heavy atom. The van der Waals surface area contributed by atoms with Gasteiger partial charge in [0.25, 0.3) is 0 Å². The van der Waals surface area contributed by atoms with E-state index < -0.39 is 5.60 Å². The molecule has 0 spiro atoms. The summed E-state index contributed by atoms with van der Waals surface area (Å²) >= 11 is 0. The molecule has 0 aromatic rings. The number of piperidine rings is 1. The summed E-state index contributed by atoms with van der Waals surface area (Å²) in [5.41, 5.74) is -0.419. The van der Waals surface area contributed by atoms with Gasteiger partial charge in [0.15, 0.2) is 0 Å². The molecule has 1 atom stereocenters. The number of rotatable bonds is 3. The van der Waals surface area contributed by atoms with Gasteiger partial charge in [-0.25, -0.2) is 4.79 Å². The minimum absolute atomic E-state index is 0.242. The molecule has 0 aromatic heterocycles. The van der Waals surface area contributed by atoms with E-state index in [4.69, 9.17) is 4.74 Å². The van der Waals surface area contributed by atoms with Gasteiger partial charge < -0.3 is 20.3 Å². The van der Waals surface area contributed by atoms with Crippen LogP contribution in [0, 0.1) is 5.92 Å². The van der Waals surface area contributed by atoms with Crippen LogP contribution in [0.2, 0.25) is 0 Å². The first-order chi connectivity index (χ1) is 9.42. The van der Waals surface area contributed by atoms with Gasteiger partial charge in [0.2, 0.25) is 0 Å². The Hall–Kier alpha value is -0.810. The van der Waals surface area contributed by atoms with Crippen molar-refractivity contribution in [3.05, 3.63) is 0 Å². The Labute approximate surface area is 122 Å². The van der Waals surface area contributed by atoms with Gasteiger partial charge in [0, 0.05) is 25.7 Å². The van der Waals surface area contributed by atoms with Gasteiger partial charge in [0.1, 0.15) is 5.60 Å². The van der Waals surface area contributed by atoms with Crippen molar-refractivity contribution in [1.29, 1.82) is 0 Å². The number of likely N-dealkylation sites (tertiary alicyclic amines) is 1. The van der Waals surface area contributed by atoms with E-state index >= 15 is 0 Å². The molecule has 2 N–H and O–H groups in total. The van der Waals surface area contributed by atoms with Crippen molar-refractivity contribution in [2.45, 2.75) is 51.7 Å². The van der Waals surface area contributed by atoms with E-state index in [9.17, 15) is 4.79 Å². The van der Waals surface area contributed by atoms with Crippen molar-refractivity contribution in [1.82, 2.24) is 15.5 Å². The van der Waals surface area contributed by atoms with Crippen molar-refractivity contribution in [3.63, 3.8) is 0 Å². The lowest BCUT2D eigenvalue weighted by atomic mass is 9.98. The van der Waals surface area contributed by atoms with E-state index in [0.29, 0.717) is 0 Å². The monoisotopic (exact) mass is 283 g/mol. The van der Waals surface area contributed by atoms with Gasteiger partial charge in [-0.3, -0.25) is 0 Å². The Kier molecular flexibility index (Phi) is 5.27. The van der Waals surface area contributed by atoms with Gasteiger partial charge >= 0.3 is 6.09 Å². The number of ether oxygens (including phenoxy) is 1. The van der Waals surface area contributed by atoms with Crippen LogP contribution in [0.15, 0.2) is 0 Å². The van der Waals surface area contributed by atoms with Crippen molar-refractivity contribution < 1.29 is 9.53 Å². The number of hydrogen-bond donors (Lipinski definition) is 2. The molecule has 0 saturated carbocycles. The Balaban J connectivity index is 1.68. The number of nitrogens with one attached hydrogen (secondary N) is 2. The summed E-state index contributed by atoms with van der Waals surface area (Å²) in [7, 11) is 0. The molecule has 0 aromatic carbocycles. The lowest BCUT2D eigenvalue weighted by Crippen LogP contribution is -2.41.